The molecule has 1 aromatic carbocycles. The van der Waals surface area contributed by atoms with Crippen molar-refractivity contribution in [3.8, 4) is 5.88 Å². The maximum Gasteiger partial charge on any atom is 0.232 e. The summed E-state index contributed by atoms with van der Waals surface area (Å²) in [5.74, 6) is 0.881. The van der Waals surface area contributed by atoms with E-state index in [0.717, 1.165) is 38.0 Å². The molecule has 5 heteroatoms. The molecule has 0 bridgehead atoms. The second kappa shape index (κ2) is 7.31. The number of benzene rings is 1. The molecule has 0 spiro atoms. The van der Waals surface area contributed by atoms with Gasteiger partial charge in [0.05, 0.1) is 12.8 Å². The average Bonchev–Trinajstić information content (AvgIpc) is 2.54. The summed E-state index contributed by atoms with van der Waals surface area (Å²) in [5, 5.41) is 0. The Labute approximate surface area is 130 Å². The predicted octanol–water partition coefficient (Wildman–Crippen LogP) is 2.91. The van der Waals surface area contributed by atoms with Crippen LogP contribution in [-0.2, 0) is 6.54 Å². The minimum Gasteiger partial charge on any atom is -0.476 e. The molecule has 0 amide bonds. The number of halogens is 1. The number of ether oxygens (including phenoxy) is 1. The maximum atomic E-state index is 13.3. The third-order valence-electron chi connectivity index (χ3n) is 3.90. The Morgan fingerprint density at radius 2 is 2.27 bits per heavy atom. The van der Waals surface area contributed by atoms with Gasteiger partial charge >= 0.3 is 0 Å². The number of rotatable bonds is 5. The van der Waals surface area contributed by atoms with Gasteiger partial charge in [0.1, 0.15) is 5.82 Å². The van der Waals surface area contributed by atoms with Crippen molar-refractivity contribution < 1.29 is 9.13 Å². The molecule has 1 aliphatic heterocycles. The molecule has 116 valence electrons. The van der Waals surface area contributed by atoms with Crippen LogP contribution >= 0.6 is 0 Å². The highest BCUT2D eigenvalue weighted by Gasteiger charge is 2.20. The van der Waals surface area contributed by atoms with Crippen LogP contribution in [0, 0.1) is 11.7 Å². The third kappa shape index (κ3) is 4.24. The molecule has 0 N–H and O–H groups in total. The number of hydrogen-bond donors (Lipinski definition) is 0. The van der Waals surface area contributed by atoms with Crippen molar-refractivity contribution in [3.63, 3.8) is 0 Å². The monoisotopic (exact) mass is 301 g/mol. The fourth-order valence-corrected chi connectivity index (χ4v) is 2.89. The average molecular weight is 301 g/mol. The molecule has 4 nitrogen and oxygen atoms in total. The summed E-state index contributed by atoms with van der Waals surface area (Å²) >= 11 is 0. The molecule has 0 aliphatic carbocycles. The minimum atomic E-state index is -0.169. The van der Waals surface area contributed by atoms with Crippen LogP contribution in [0.25, 0.3) is 0 Å². The van der Waals surface area contributed by atoms with Crippen LogP contribution in [0.1, 0.15) is 18.4 Å². The van der Waals surface area contributed by atoms with E-state index < -0.39 is 0 Å². The largest absolute Gasteiger partial charge is 0.476 e. The topological polar surface area (TPSA) is 38.2 Å². The van der Waals surface area contributed by atoms with Gasteiger partial charge in [0.15, 0.2) is 0 Å². The number of likely N-dealkylation sites (tertiary alicyclic amines) is 1. The summed E-state index contributed by atoms with van der Waals surface area (Å²) in [4.78, 5) is 10.5. The molecule has 0 radical (unpaired) electrons. The summed E-state index contributed by atoms with van der Waals surface area (Å²) in [6.07, 6.45) is 7.19. The zero-order valence-corrected chi connectivity index (χ0v) is 12.5. The van der Waals surface area contributed by atoms with Crippen LogP contribution in [0.15, 0.2) is 42.9 Å². The highest BCUT2D eigenvalue weighted by Crippen LogP contribution is 2.19. The highest BCUT2D eigenvalue weighted by molar-refractivity contribution is 5.16. The fourth-order valence-electron chi connectivity index (χ4n) is 2.89. The molecule has 1 fully saturated rings. The Hall–Kier alpha value is -2.01. The van der Waals surface area contributed by atoms with E-state index in [9.17, 15) is 4.39 Å². The first-order valence-electron chi connectivity index (χ1n) is 7.65. The van der Waals surface area contributed by atoms with E-state index in [0.29, 0.717) is 18.4 Å². The lowest BCUT2D eigenvalue weighted by Crippen LogP contribution is -2.37. The molecule has 2 heterocycles. The van der Waals surface area contributed by atoms with Gasteiger partial charge < -0.3 is 4.74 Å². The molecule has 2 aromatic rings. The van der Waals surface area contributed by atoms with Crippen LogP contribution in [0.4, 0.5) is 4.39 Å². The summed E-state index contributed by atoms with van der Waals surface area (Å²) in [6.45, 7) is 3.46. The molecular formula is C17H20FN3O. The first kappa shape index (κ1) is 14.9. The summed E-state index contributed by atoms with van der Waals surface area (Å²) < 4.78 is 19.0. The van der Waals surface area contributed by atoms with Crippen LogP contribution in [0.2, 0.25) is 0 Å². The molecule has 1 unspecified atom stereocenters. The lowest BCUT2D eigenvalue weighted by atomic mass is 9.98. The molecule has 3 rings (SSSR count). The third-order valence-corrected chi connectivity index (χ3v) is 3.90. The molecule has 22 heavy (non-hydrogen) atoms. The van der Waals surface area contributed by atoms with Crippen molar-refractivity contribution in [1.82, 2.24) is 14.9 Å². The van der Waals surface area contributed by atoms with E-state index in [1.165, 1.54) is 6.07 Å². The van der Waals surface area contributed by atoms with E-state index in [1.807, 2.05) is 6.07 Å². The van der Waals surface area contributed by atoms with Gasteiger partial charge in [-0.2, -0.15) is 0 Å². The van der Waals surface area contributed by atoms with Crippen molar-refractivity contribution in [3.05, 3.63) is 54.2 Å². The molecular weight excluding hydrogens is 281 g/mol. The smallest absolute Gasteiger partial charge is 0.232 e. The summed E-state index contributed by atoms with van der Waals surface area (Å²) in [7, 11) is 0. The van der Waals surface area contributed by atoms with Gasteiger partial charge in [-0.15, -0.1) is 0 Å². The number of hydrogen-bond acceptors (Lipinski definition) is 4. The van der Waals surface area contributed by atoms with Crippen LogP contribution in [0.3, 0.4) is 0 Å². The van der Waals surface area contributed by atoms with E-state index >= 15 is 0 Å². The standard InChI is InChI=1S/C17H20FN3O/c18-16-5-1-3-14(9-16)11-21-8-2-4-15(12-21)13-22-17-10-19-6-7-20-17/h1,3,5-7,9-10,15H,2,4,8,11-13H2. The van der Waals surface area contributed by atoms with E-state index in [4.69, 9.17) is 4.74 Å². The van der Waals surface area contributed by atoms with E-state index in [2.05, 4.69) is 14.9 Å². The molecule has 1 saturated heterocycles. The van der Waals surface area contributed by atoms with Crippen molar-refractivity contribution >= 4 is 0 Å². The quantitative estimate of drug-likeness (QED) is 0.851. The summed E-state index contributed by atoms with van der Waals surface area (Å²) in [5.41, 5.74) is 1.02. The Kier molecular flexibility index (Phi) is 4.96. The van der Waals surface area contributed by atoms with Crippen molar-refractivity contribution in [2.75, 3.05) is 19.7 Å². The number of aromatic nitrogens is 2. The van der Waals surface area contributed by atoms with Crippen LogP contribution in [-0.4, -0.2) is 34.6 Å². The zero-order valence-electron chi connectivity index (χ0n) is 12.5. The Bertz CT molecular complexity index is 593. The first-order chi connectivity index (χ1) is 10.8. The van der Waals surface area contributed by atoms with Crippen molar-refractivity contribution in [2.45, 2.75) is 19.4 Å². The van der Waals surface area contributed by atoms with Gasteiger partial charge in [0, 0.05) is 31.4 Å². The molecule has 1 aromatic heterocycles. The van der Waals surface area contributed by atoms with Gasteiger partial charge in [-0.25, -0.2) is 9.37 Å². The second-order valence-electron chi connectivity index (χ2n) is 5.73. The SMILES string of the molecule is Fc1cccc(CN2CCCC(COc3cnccn3)C2)c1. The first-order valence-corrected chi connectivity index (χ1v) is 7.65. The normalized spacial score (nSPS) is 19.0. The minimum absolute atomic E-state index is 0.169. The second-order valence-corrected chi connectivity index (χ2v) is 5.73. The zero-order chi connectivity index (χ0) is 15.2. The highest BCUT2D eigenvalue weighted by atomic mass is 19.1. The van der Waals surface area contributed by atoms with Gasteiger partial charge in [-0.05, 0) is 37.1 Å². The van der Waals surface area contributed by atoms with Gasteiger partial charge in [0.2, 0.25) is 5.88 Å². The van der Waals surface area contributed by atoms with Crippen LogP contribution < -0.4 is 4.74 Å². The molecule has 1 aliphatic rings. The lowest BCUT2D eigenvalue weighted by molar-refractivity contribution is 0.123. The van der Waals surface area contributed by atoms with E-state index in [1.54, 1.807) is 30.7 Å². The maximum absolute atomic E-state index is 13.3. The van der Waals surface area contributed by atoms with E-state index in [-0.39, 0.29) is 5.82 Å². The van der Waals surface area contributed by atoms with Gasteiger partial charge in [0.25, 0.3) is 0 Å². The number of nitrogens with zero attached hydrogens (tertiary/aromatic N) is 3. The Morgan fingerprint density at radius 1 is 1.32 bits per heavy atom. The van der Waals surface area contributed by atoms with Gasteiger partial charge in [-0.3, -0.25) is 9.88 Å². The Balaban J connectivity index is 1.51. The lowest BCUT2D eigenvalue weighted by Gasteiger charge is -2.32. The van der Waals surface area contributed by atoms with Gasteiger partial charge in [-0.1, -0.05) is 12.1 Å². The van der Waals surface area contributed by atoms with Crippen molar-refractivity contribution in [2.24, 2.45) is 5.92 Å². The van der Waals surface area contributed by atoms with Crippen LogP contribution in [0.5, 0.6) is 5.88 Å². The summed E-state index contributed by atoms with van der Waals surface area (Å²) in [6, 6.07) is 6.84. The number of piperidine rings is 1. The fraction of sp³-hybridized carbons (Fsp3) is 0.412. The molecule has 1 atom stereocenters. The van der Waals surface area contributed by atoms with Crippen molar-refractivity contribution in [1.29, 1.82) is 0 Å². The Morgan fingerprint density at radius 3 is 3.09 bits per heavy atom. The molecule has 0 saturated carbocycles. The predicted molar refractivity (Wildman–Crippen MR) is 81.9 cm³/mol.